The third-order valence-corrected chi connectivity index (χ3v) is 5.53. The second-order valence-electron chi connectivity index (χ2n) is 9.03. The first-order valence-corrected chi connectivity index (χ1v) is 11.5. The number of benzene rings is 2. The number of amides is 1. The fraction of sp³-hybridized carbons (Fsp3) is 0.320. The summed E-state index contributed by atoms with van der Waals surface area (Å²) in [5.41, 5.74) is 0.603. The number of nitrogens with zero attached hydrogens (tertiary/aromatic N) is 3. The highest BCUT2D eigenvalue weighted by Crippen LogP contribution is 2.33. The summed E-state index contributed by atoms with van der Waals surface area (Å²) in [4.78, 5) is 31.2. The van der Waals surface area contributed by atoms with Crippen molar-refractivity contribution in [2.75, 3.05) is 0 Å². The number of carbonyl (C=O) groups excluding carboxylic acids is 1. The number of ether oxygens (including phenoxy) is 1. The van der Waals surface area contributed by atoms with Crippen molar-refractivity contribution in [3.63, 3.8) is 0 Å². The van der Waals surface area contributed by atoms with Crippen molar-refractivity contribution in [2.24, 2.45) is 0 Å². The van der Waals surface area contributed by atoms with E-state index in [9.17, 15) is 14.7 Å². The molecule has 0 fully saturated rings. The van der Waals surface area contributed by atoms with Crippen molar-refractivity contribution in [1.82, 2.24) is 14.5 Å². The van der Waals surface area contributed by atoms with E-state index in [0.717, 1.165) is 0 Å². The molecule has 0 saturated carbocycles. The minimum absolute atomic E-state index is 0.0473. The van der Waals surface area contributed by atoms with Gasteiger partial charge in [-0.15, -0.1) is 0 Å². The van der Waals surface area contributed by atoms with E-state index in [-0.39, 0.29) is 18.3 Å². The zero-order valence-electron chi connectivity index (χ0n) is 19.7. The van der Waals surface area contributed by atoms with Crippen LogP contribution in [0.1, 0.15) is 50.8 Å². The number of rotatable bonds is 6. The summed E-state index contributed by atoms with van der Waals surface area (Å²) in [5, 5.41) is 11.0. The van der Waals surface area contributed by atoms with Crippen LogP contribution in [0, 0.1) is 0 Å². The van der Waals surface area contributed by atoms with Gasteiger partial charge in [-0.3, -0.25) is 9.47 Å². The molecule has 0 aliphatic carbocycles. The van der Waals surface area contributed by atoms with Gasteiger partial charge in [-0.2, -0.15) is 0 Å². The molecule has 0 aliphatic rings. The molecule has 0 atom stereocenters. The number of halogens is 2. The highest BCUT2D eigenvalue weighted by molar-refractivity contribution is 6.33. The van der Waals surface area contributed by atoms with Crippen LogP contribution < -0.4 is 0 Å². The van der Waals surface area contributed by atoms with Gasteiger partial charge in [0.2, 0.25) is 0 Å². The van der Waals surface area contributed by atoms with E-state index >= 15 is 0 Å². The molecular weight excluding hydrogens is 477 g/mol. The lowest BCUT2D eigenvalue weighted by Crippen LogP contribution is -2.41. The van der Waals surface area contributed by atoms with Crippen LogP contribution in [0.15, 0.2) is 48.5 Å². The molecule has 0 saturated heterocycles. The van der Waals surface area contributed by atoms with Gasteiger partial charge in [-0.25, -0.2) is 14.6 Å². The summed E-state index contributed by atoms with van der Waals surface area (Å²) in [6.45, 7) is 8.96. The summed E-state index contributed by atoms with van der Waals surface area (Å²) in [6, 6.07) is 13.7. The normalized spacial score (nSPS) is 11.5. The minimum Gasteiger partial charge on any atom is -0.476 e. The van der Waals surface area contributed by atoms with Crippen LogP contribution in [-0.4, -0.2) is 43.3 Å². The van der Waals surface area contributed by atoms with E-state index in [1.165, 1.54) is 4.90 Å². The molecule has 0 spiro atoms. The smallest absolute Gasteiger partial charge is 0.410 e. The van der Waals surface area contributed by atoms with Gasteiger partial charge < -0.3 is 9.84 Å². The molecule has 3 aromatic rings. The van der Waals surface area contributed by atoms with Gasteiger partial charge in [-0.1, -0.05) is 35.3 Å². The topological polar surface area (TPSA) is 84.7 Å². The van der Waals surface area contributed by atoms with Gasteiger partial charge in [0.15, 0.2) is 5.69 Å². The van der Waals surface area contributed by atoms with Crippen molar-refractivity contribution < 1.29 is 19.4 Å². The Hall–Kier alpha value is -3.03. The Bertz CT molecular complexity index is 1200. The van der Waals surface area contributed by atoms with Gasteiger partial charge in [0, 0.05) is 22.3 Å². The number of carbonyl (C=O) groups is 2. The fourth-order valence-corrected chi connectivity index (χ4v) is 3.75. The molecule has 34 heavy (non-hydrogen) atoms. The van der Waals surface area contributed by atoms with Gasteiger partial charge in [0.1, 0.15) is 11.4 Å². The van der Waals surface area contributed by atoms with Crippen LogP contribution >= 0.6 is 23.2 Å². The maximum atomic E-state index is 13.0. The van der Waals surface area contributed by atoms with E-state index in [1.807, 2.05) is 13.8 Å². The molecular formula is C25H27Cl2N3O4. The standard InChI is InChI=1S/C25H27Cl2N3O4/c1-15(2)29(24(33)34-25(3,4)5)14-20-21(23(31)32)28-22(18-8-6-7-9-19(18)27)30(20)17-12-10-16(26)11-13-17/h6-13,15H,14H2,1-5H3,(H,31,32). The van der Waals surface area contributed by atoms with Gasteiger partial charge in [-0.05, 0) is 71.0 Å². The predicted molar refractivity (Wildman–Crippen MR) is 133 cm³/mol. The van der Waals surface area contributed by atoms with E-state index in [4.69, 9.17) is 27.9 Å². The third-order valence-electron chi connectivity index (χ3n) is 4.95. The van der Waals surface area contributed by atoms with Crippen molar-refractivity contribution in [3.05, 3.63) is 70.0 Å². The Balaban J connectivity index is 2.26. The quantitative estimate of drug-likeness (QED) is 0.404. The van der Waals surface area contributed by atoms with Crippen LogP contribution in [0.5, 0.6) is 0 Å². The maximum Gasteiger partial charge on any atom is 0.410 e. The number of imidazole rings is 1. The Labute approximate surface area is 208 Å². The van der Waals surface area contributed by atoms with Crippen LogP contribution in [0.4, 0.5) is 4.79 Å². The first kappa shape index (κ1) is 25.6. The highest BCUT2D eigenvalue weighted by atomic mass is 35.5. The van der Waals surface area contributed by atoms with E-state index in [2.05, 4.69) is 4.98 Å². The molecule has 0 unspecified atom stereocenters. The van der Waals surface area contributed by atoms with Crippen LogP contribution in [0.3, 0.4) is 0 Å². The lowest BCUT2D eigenvalue weighted by Gasteiger charge is -2.30. The number of hydrogen-bond acceptors (Lipinski definition) is 4. The average Bonchev–Trinajstić information content (AvgIpc) is 3.10. The molecule has 1 N–H and O–H groups in total. The van der Waals surface area contributed by atoms with Gasteiger partial charge in [0.05, 0.1) is 17.3 Å². The SMILES string of the molecule is CC(C)N(Cc1c(C(=O)O)nc(-c2ccccc2Cl)n1-c1ccc(Cl)cc1)C(=O)OC(C)(C)C. The lowest BCUT2D eigenvalue weighted by molar-refractivity contribution is 0.0166. The molecule has 2 aromatic carbocycles. The number of aromatic nitrogens is 2. The van der Waals surface area contributed by atoms with Crippen molar-refractivity contribution in [3.8, 4) is 17.1 Å². The van der Waals surface area contributed by atoms with Crippen LogP contribution in [-0.2, 0) is 11.3 Å². The zero-order chi connectivity index (χ0) is 25.2. The molecule has 1 heterocycles. The number of hydrogen-bond donors (Lipinski definition) is 1. The number of carboxylic acid groups (broad SMARTS) is 1. The van der Waals surface area contributed by atoms with Gasteiger partial charge in [0.25, 0.3) is 0 Å². The summed E-state index contributed by atoms with van der Waals surface area (Å²) >= 11 is 12.6. The minimum atomic E-state index is -1.22. The lowest BCUT2D eigenvalue weighted by atomic mass is 10.2. The Morgan fingerprint density at radius 3 is 2.24 bits per heavy atom. The first-order chi connectivity index (χ1) is 15.9. The molecule has 1 aromatic heterocycles. The van der Waals surface area contributed by atoms with E-state index in [0.29, 0.717) is 32.8 Å². The maximum absolute atomic E-state index is 13.0. The van der Waals surface area contributed by atoms with Crippen LogP contribution in [0.25, 0.3) is 17.1 Å². The number of aromatic carboxylic acids is 1. The molecule has 180 valence electrons. The van der Waals surface area contributed by atoms with Crippen molar-refractivity contribution in [1.29, 1.82) is 0 Å². The second kappa shape index (κ2) is 10.1. The summed E-state index contributed by atoms with van der Waals surface area (Å²) in [5.74, 6) is -0.878. The average molecular weight is 504 g/mol. The van der Waals surface area contributed by atoms with Gasteiger partial charge >= 0.3 is 12.1 Å². The predicted octanol–water partition coefficient (Wildman–Crippen LogP) is 6.69. The molecule has 1 amide bonds. The molecule has 0 aliphatic heterocycles. The Morgan fingerprint density at radius 1 is 1.09 bits per heavy atom. The summed E-state index contributed by atoms with van der Waals surface area (Å²) in [6.07, 6.45) is -0.554. The second-order valence-corrected chi connectivity index (χ2v) is 9.87. The molecule has 0 bridgehead atoms. The zero-order valence-corrected chi connectivity index (χ0v) is 21.2. The summed E-state index contributed by atoms with van der Waals surface area (Å²) in [7, 11) is 0. The fourth-order valence-electron chi connectivity index (χ4n) is 3.40. The van der Waals surface area contributed by atoms with E-state index in [1.54, 1.807) is 73.9 Å². The highest BCUT2D eigenvalue weighted by Gasteiger charge is 2.30. The largest absolute Gasteiger partial charge is 0.476 e. The van der Waals surface area contributed by atoms with Crippen LogP contribution in [0.2, 0.25) is 10.0 Å². The first-order valence-electron chi connectivity index (χ1n) is 10.7. The number of carboxylic acids is 1. The molecule has 0 radical (unpaired) electrons. The van der Waals surface area contributed by atoms with Crippen molar-refractivity contribution >= 4 is 35.3 Å². The monoisotopic (exact) mass is 503 g/mol. The summed E-state index contributed by atoms with van der Waals surface area (Å²) < 4.78 is 7.27. The Kier molecular flexibility index (Phi) is 7.58. The molecule has 9 heteroatoms. The Morgan fingerprint density at radius 2 is 1.71 bits per heavy atom. The third kappa shape index (κ3) is 5.72. The van der Waals surface area contributed by atoms with E-state index < -0.39 is 17.7 Å². The molecule has 7 nitrogen and oxygen atoms in total. The molecule has 3 rings (SSSR count). The van der Waals surface area contributed by atoms with Crippen molar-refractivity contribution in [2.45, 2.75) is 52.8 Å².